The number of esters is 1. The van der Waals surface area contributed by atoms with Crippen LogP contribution in [-0.4, -0.2) is 48.7 Å². The lowest BCUT2D eigenvalue weighted by Crippen LogP contribution is -2.58. The predicted molar refractivity (Wildman–Crippen MR) is 138 cm³/mol. The second-order valence-electron chi connectivity index (χ2n) is 10.7. The Kier molecular flexibility index (Phi) is 9.21. The van der Waals surface area contributed by atoms with Crippen molar-refractivity contribution >= 4 is 28.6 Å². The molecule has 0 fully saturated rings. The molecule has 0 saturated heterocycles. The number of fused-ring (bicyclic) bond motifs is 1. The Balaban J connectivity index is 2.26. The minimum absolute atomic E-state index is 0.314. The van der Waals surface area contributed by atoms with Crippen molar-refractivity contribution in [1.82, 2.24) is 10.6 Å². The quantitative estimate of drug-likeness (QED) is 0.402. The number of ether oxygens (including phenoxy) is 2. The molecule has 190 valence electrons. The molecule has 0 radical (unpaired) electrons. The maximum atomic E-state index is 13.5. The minimum atomic E-state index is -0.904. The number of amides is 1. The Hall–Kier alpha value is -3.19. The van der Waals surface area contributed by atoms with Crippen molar-refractivity contribution in [2.45, 2.75) is 71.7 Å². The predicted octanol–water partition coefficient (Wildman–Crippen LogP) is 4.58. The molecule has 0 bridgehead atoms. The molecule has 7 heteroatoms. The molecule has 2 aromatic rings. The SMILES string of the molecule is C=CC(N[C@@H](Cc1ccc2ccccc2c1)C(=O)OC)C(=O)[C@@H](NC(=O)OC(C)(C)C)C(C)(C)C. The average Bonchev–Trinajstić information content (AvgIpc) is 2.77. The normalized spacial score (nSPS) is 14.5. The molecule has 3 atom stereocenters. The summed E-state index contributed by atoms with van der Waals surface area (Å²) in [4.78, 5) is 38.6. The first-order valence-electron chi connectivity index (χ1n) is 11.7. The fourth-order valence-electron chi connectivity index (χ4n) is 3.76. The molecule has 0 heterocycles. The summed E-state index contributed by atoms with van der Waals surface area (Å²) >= 11 is 0. The summed E-state index contributed by atoms with van der Waals surface area (Å²) < 4.78 is 10.4. The van der Waals surface area contributed by atoms with Gasteiger partial charge in [-0.3, -0.25) is 14.9 Å². The van der Waals surface area contributed by atoms with Crippen LogP contribution in [0.2, 0.25) is 0 Å². The first-order valence-corrected chi connectivity index (χ1v) is 11.7. The van der Waals surface area contributed by atoms with Gasteiger partial charge in [-0.15, -0.1) is 6.58 Å². The van der Waals surface area contributed by atoms with E-state index in [0.29, 0.717) is 6.42 Å². The molecule has 1 amide bonds. The fraction of sp³-hybridized carbons (Fsp3) is 0.464. The van der Waals surface area contributed by atoms with Gasteiger partial charge in [-0.25, -0.2) is 4.79 Å². The molecule has 35 heavy (non-hydrogen) atoms. The van der Waals surface area contributed by atoms with Crippen molar-refractivity contribution in [3.8, 4) is 0 Å². The number of ketones is 1. The van der Waals surface area contributed by atoms with E-state index in [0.717, 1.165) is 16.3 Å². The highest BCUT2D eigenvalue weighted by Crippen LogP contribution is 2.23. The number of hydrogen-bond acceptors (Lipinski definition) is 6. The summed E-state index contributed by atoms with van der Waals surface area (Å²) in [6, 6.07) is 11.3. The number of carbonyl (C=O) groups is 3. The van der Waals surface area contributed by atoms with Gasteiger partial charge >= 0.3 is 12.1 Å². The summed E-state index contributed by atoms with van der Waals surface area (Å²) in [6.07, 6.45) is 1.07. The molecule has 2 aromatic carbocycles. The van der Waals surface area contributed by atoms with Gasteiger partial charge < -0.3 is 14.8 Å². The van der Waals surface area contributed by atoms with E-state index in [-0.39, 0.29) is 5.78 Å². The third-order valence-electron chi connectivity index (χ3n) is 5.47. The highest BCUT2D eigenvalue weighted by Gasteiger charge is 2.38. The third kappa shape index (κ3) is 8.21. The summed E-state index contributed by atoms with van der Waals surface area (Å²) in [7, 11) is 1.31. The van der Waals surface area contributed by atoms with E-state index in [1.54, 1.807) is 20.8 Å². The highest BCUT2D eigenvalue weighted by atomic mass is 16.6. The number of carbonyl (C=O) groups excluding carboxylic acids is 3. The molecule has 0 saturated carbocycles. The minimum Gasteiger partial charge on any atom is -0.468 e. The van der Waals surface area contributed by atoms with E-state index in [9.17, 15) is 14.4 Å². The smallest absolute Gasteiger partial charge is 0.408 e. The first-order chi connectivity index (χ1) is 16.2. The van der Waals surface area contributed by atoms with Gasteiger partial charge in [0.05, 0.1) is 19.2 Å². The molecular formula is C28H38N2O5. The summed E-state index contributed by atoms with van der Waals surface area (Å²) in [6.45, 7) is 14.6. The van der Waals surface area contributed by atoms with E-state index in [4.69, 9.17) is 9.47 Å². The number of alkyl carbamates (subject to hydrolysis) is 1. The number of benzene rings is 2. The van der Waals surface area contributed by atoms with E-state index in [2.05, 4.69) is 17.2 Å². The second-order valence-corrected chi connectivity index (χ2v) is 10.7. The molecule has 0 aliphatic rings. The second kappa shape index (κ2) is 11.5. The Bertz CT molecular complexity index is 1060. The van der Waals surface area contributed by atoms with Crippen LogP contribution in [0.1, 0.15) is 47.1 Å². The van der Waals surface area contributed by atoms with Crippen molar-refractivity contribution in [3.63, 3.8) is 0 Å². The zero-order valence-electron chi connectivity index (χ0n) is 21.8. The van der Waals surface area contributed by atoms with Crippen LogP contribution >= 0.6 is 0 Å². The standard InChI is InChI=1S/C28H38N2O5/c1-9-21(23(31)24(27(2,3)4)30-26(33)35-28(5,6)7)29-22(25(32)34-8)17-18-14-15-19-12-10-11-13-20(19)16-18/h9-16,21-22,24,29H,1,17H2,2-8H3,(H,30,33)/t21?,22-,24+/m0/s1. The van der Waals surface area contributed by atoms with Gasteiger partial charge in [0.2, 0.25) is 0 Å². The Morgan fingerprint density at radius 2 is 1.63 bits per heavy atom. The van der Waals surface area contributed by atoms with Crippen LogP contribution in [0.15, 0.2) is 55.1 Å². The molecular weight excluding hydrogens is 444 g/mol. The molecule has 7 nitrogen and oxygen atoms in total. The number of rotatable bonds is 9. The number of nitrogens with one attached hydrogen (secondary N) is 2. The van der Waals surface area contributed by atoms with Crippen molar-refractivity contribution in [1.29, 1.82) is 0 Å². The average molecular weight is 483 g/mol. The fourth-order valence-corrected chi connectivity index (χ4v) is 3.76. The van der Waals surface area contributed by atoms with Crippen LogP contribution in [0, 0.1) is 5.41 Å². The molecule has 0 spiro atoms. The Morgan fingerprint density at radius 1 is 1.00 bits per heavy atom. The summed E-state index contributed by atoms with van der Waals surface area (Å²) in [5.41, 5.74) is -0.404. The molecule has 0 aromatic heterocycles. The lowest BCUT2D eigenvalue weighted by atomic mass is 9.82. The molecule has 0 aliphatic carbocycles. The van der Waals surface area contributed by atoms with Crippen molar-refractivity contribution in [3.05, 3.63) is 60.7 Å². The molecule has 0 aliphatic heterocycles. The summed E-state index contributed by atoms with van der Waals surface area (Å²) in [5, 5.41) is 7.94. The number of hydrogen-bond donors (Lipinski definition) is 2. The lowest BCUT2D eigenvalue weighted by Gasteiger charge is -2.34. The van der Waals surface area contributed by atoms with Gasteiger partial charge in [-0.2, -0.15) is 0 Å². The largest absolute Gasteiger partial charge is 0.468 e. The first kappa shape index (κ1) is 28.1. The maximum absolute atomic E-state index is 13.5. The van der Waals surface area contributed by atoms with Gasteiger partial charge in [0.25, 0.3) is 0 Å². The van der Waals surface area contributed by atoms with Crippen molar-refractivity contribution in [2.24, 2.45) is 5.41 Å². The van der Waals surface area contributed by atoms with E-state index in [1.807, 2.05) is 63.2 Å². The van der Waals surface area contributed by atoms with Crippen molar-refractivity contribution in [2.75, 3.05) is 7.11 Å². The van der Waals surface area contributed by atoms with Crippen LogP contribution in [-0.2, 0) is 25.5 Å². The van der Waals surface area contributed by atoms with E-state index in [1.165, 1.54) is 13.2 Å². The van der Waals surface area contributed by atoms with Crippen LogP contribution in [0.25, 0.3) is 10.8 Å². The molecule has 2 rings (SSSR count). The van der Waals surface area contributed by atoms with Crippen LogP contribution < -0.4 is 10.6 Å². The lowest BCUT2D eigenvalue weighted by molar-refractivity contribution is -0.143. The van der Waals surface area contributed by atoms with Crippen LogP contribution in [0.4, 0.5) is 4.79 Å². The van der Waals surface area contributed by atoms with Gasteiger partial charge in [-0.05, 0) is 48.9 Å². The maximum Gasteiger partial charge on any atom is 0.408 e. The van der Waals surface area contributed by atoms with Crippen molar-refractivity contribution < 1.29 is 23.9 Å². The number of methoxy groups -OCH3 is 1. The van der Waals surface area contributed by atoms with Gasteiger partial charge in [0.1, 0.15) is 11.6 Å². The molecule has 1 unspecified atom stereocenters. The van der Waals surface area contributed by atoms with Crippen LogP contribution in [0.3, 0.4) is 0 Å². The topological polar surface area (TPSA) is 93.7 Å². The van der Waals surface area contributed by atoms with Crippen LogP contribution in [0.5, 0.6) is 0 Å². The van der Waals surface area contributed by atoms with Gasteiger partial charge in [0.15, 0.2) is 5.78 Å². The molecule has 2 N–H and O–H groups in total. The third-order valence-corrected chi connectivity index (χ3v) is 5.47. The van der Waals surface area contributed by atoms with E-state index >= 15 is 0 Å². The monoisotopic (exact) mass is 482 g/mol. The summed E-state index contributed by atoms with van der Waals surface area (Å²) in [5.74, 6) is -0.823. The number of Topliss-reactive ketones (excluding diaryl/α,β-unsaturated/α-hetero) is 1. The van der Waals surface area contributed by atoms with Gasteiger partial charge in [-0.1, -0.05) is 69.3 Å². The highest BCUT2D eigenvalue weighted by molar-refractivity contribution is 5.94. The van der Waals surface area contributed by atoms with Gasteiger partial charge in [0, 0.05) is 0 Å². The zero-order valence-corrected chi connectivity index (χ0v) is 21.8. The zero-order chi connectivity index (χ0) is 26.4. The Morgan fingerprint density at radius 3 is 2.17 bits per heavy atom. The Labute approximate surface area is 208 Å². The van der Waals surface area contributed by atoms with E-state index < -0.39 is 41.2 Å².